The van der Waals surface area contributed by atoms with Gasteiger partial charge in [0, 0.05) is 45.9 Å². The Balaban J connectivity index is 1.47. The van der Waals surface area contributed by atoms with Gasteiger partial charge in [0.2, 0.25) is 0 Å². The SMILES string of the molecule is COc1cc(N)c(Cl)cc1C(=O)NC1CCN(CCNCc2ccc(C(=O)O)cc2)CC1OC. The van der Waals surface area contributed by atoms with Gasteiger partial charge < -0.3 is 30.9 Å². The fourth-order valence-electron chi connectivity index (χ4n) is 3.98. The second-order valence-electron chi connectivity index (χ2n) is 8.20. The van der Waals surface area contributed by atoms with E-state index in [4.69, 9.17) is 31.9 Å². The number of ether oxygens (including phenoxy) is 2. The number of nitrogens with two attached hydrogens (primary N) is 1. The van der Waals surface area contributed by atoms with Gasteiger partial charge in [0.15, 0.2) is 0 Å². The molecule has 184 valence electrons. The number of benzene rings is 2. The van der Waals surface area contributed by atoms with E-state index in [0.717, 1.165) is 31.6 Å². The van der Waals surface area contributed by atoms with Gasteiger partial charge in [-0.05, 0) is 30.2 Å². The van der Waals surface area contributed by atoms with Gasteiger partial charge in [-0.2, -0.15) is 0 Å². The third-order valence-electron chi connectivity index (χ3n) is 5.96. The van der Waals surface area contributed by atoms with Gasteiger partial charge in [0.1, 0.15) is 5.75 Å². The lowest BCUT2D eigenvalue weighted by atomic mass is 10.0. The van der Waals surface area contributed by atoms with Crippen molar-refractivity contribution in [3.8, 4) is 5.75 Å². The van der Waals surface area contributed by atoms with Gasteiger partial charge >= 0.3 is 5.97 Å². The van der Waals surface area contributed by atoms with Crippen LogP contribution in [0, 0.1) is 0 Å². The number of hydrogen-bond donors (Lipinski definition) is 4. The van der Waals surface area contributed by atoms with Gasteiger partial charge in [0.25, 0.3) is 5.91 Å². The topological polar surface area (TPSA) is 126 Å². The molecule has 1 fully saturated rings. The molecular weight excluding hydrogens is 460 g/mol. The Morgan fingerprint density at radius 3 is 2.62 bits per heavy atom. The lowest BCUT2D eigenvalue weighted by Gasteiger charge is -2.38. The Hall–Kier alpha value is -2.85. The summed E-state index contributed by atoms with van der Waals surface area (Å²) in [5.41, 5.74) is 7.80. The van der Waals surface area contributed by atoms with E-state index in [2.05, 4.69) is 15.5 Å². The third-order valence-corrected chi connectivity index (χ3v) is 6.29. The van der Waals surface area contributed by atoms with Gasteiger partial charge in [-0.3, -0.25) is 9.69 Å². The van der Waals surface area contributed by atoms with E-state index in [1.807, 2.05) is 12.1 Å². The Labute approximate surface area is 204 Å². The van der Waals surface area contributed by atoms with Crippen LogP contribution in [0.4, 0.5) is 5.69 Å². The van der Waals surface area contributed by atoms with Crippen molar-refractivity contribution in [1.82, 2.24) is 15.5 Å². The molecule has 0 aromatic heterocycles. The number of carbonyl (C=O) groups excluding carboxylic acids is 1. The minimum atomic E-state index is -0.928. The third kappa shape index (κ3) is 6.60. The van der Waals surface area contributed by atoms with Crippen LogP contribution in [0.3, 0.4) is 0 Å². The summed E-state index contributed by atoms with van der Waals surface area (Å²) in [6.07, 6.45) is 0.586. The van der Waals surface area contributed by atoms with E-state index in [-0.39, 0.29) is 23.6 Å². The number of carboxylic acid groups (broad SMARTS) is 1. The summed E-state index contributed by atoms with van der Waals surface area (Å²) < 4.78 is 11.0. The smallest absolute Gasteiger partial charge is 0.335 e. The van der Waals surface area contributed by atoms with Crippen LogP contribution in [0.15, 0.2) is 36.4 Å². The van der Waals surface area contributed by atoms with Crippen LogP contribution in [0.5, 0.6) is 5.75 Å². The molecule has 9 nitrogen and oxygen atoms in total. The molecule has 1 amide bonds. The number of likely N-dealkylation sites (tertiary alicyclic amines) is 1. The van der Waals surface area contributed by atoms with E-state index in [1.165, 1.54) is 13.2 Å². The molecule has 34 heavy (non-hydrogen) atoms. The lowest BCUT2D eigenvalue weighted by molar-refractivity contribution is 0.00677. The van der Waals surface area contributed by atoms with Crippen LogP contribution in [-0.2, 0) is 11.3 Å². The monoisotopic (exact) mass is 490 g/mol. The summed E-state index contributed by atoms with van der Waals surface area (Å²) in [5, 5.41) is 15.7. The number of carboxylic acids is 1. The first kappa shape index (κ1) is 25.8. The van der Waals surface area contributed by atoms with Gasteiger partial charge in [-0.25, -0.2) is 4.79 Å². The molecule has 10 heteroatoms. The number of hydrogen-bond acceptors (Lipinski definition) is 7. The highest BCUT2D eigenvalue weighted by Crippen LogP contribution is 2.29. The normalized spacial score (nSPS) is 18.4. The first-order valence-corrected chi connectivity index (χ1v) is 11.4. The van der Waals surface area contributed by atoms with Crippen LogP contribution in [0.2, 0.25) is 5.02 Å². The van der Waals surface area contributed by atoms with E-state index in [1.54, 1.807) is 25.3 Å². The first-order chi connectivity index (χ1) is 16.3. The van der Waals surface area contributed by atoms with E-state index >= 15 is 0 Å². The fourth-order valence-corrected chi connectivity index (χ4v) is 4.15. The standard InChI is InChI=1S/C24H31ClN4O5/c1-33-21-12-19(26)18(25)11-17(21)23(30)28-20-7-9-29(14-22(20)34-2)10-8-27-13-15-3-5-16(6-4-15)24(31)32/h3-6,11-12,20,22,27H,7-10,13-14,26H2,1-2H3,(H,28,30)(H,31,32). The highest BCUT2D eigenvalue weighted by Gasteiger charge is 2.31. The first-order valence-electron chi connectivity index (χ1n) is 11.0. The molecule has 0 saturated carbocycles. The van der Waals surface area contributed by atoms with Crippen LogP contribution < -0.4 is 21.1 Å². The van der Waals surface area contributed by atoms with E-state index in [0.29, 0.717) is 35.1 Å². The van der Waals surface area contributed by atoms with E-state index in [9.17, 15) is 9.59 Å². The predicted molar refractivity (Wildman–Crippen MR) is 131 cm³/mol. The molecule has 0 spiro atoms. The van der Waals surface area contributed by atoms with Crippen LogP contribution in [0.1, 0.15) is 32.7 Å². The van der Waals surface area contributed by atoms with E-state index < -0.39 is 5.97 Å². The second-order valence-corrected chi connectivity index (χ2v) is 8.60. The molecule has 0 aliphatic carbocycles. The molecule has 2 aromatic rings. The molecule has 2 atom stereocenters. The Morgan fingerprint density at radius 2 is 1.97 bits per heavy atom. The van der Waals surface area contributed by atoms with Crippen molar-refractivity contribution in [3.05, 3.63) is 58.1 Å². The lowest BCUT2D eigenvalue weighted by Crippen LogP contribution is -2.55. The Bertz CT molecular complexity index is 1000. The van der Waals surface area contributed by atoms with Crippen molar-refractivity contribution in [2.75, 3.05) is 46.1 Å². The van der Waals surface area contributed by atoms with Crippen molar-refractivity contribution < 1.29 is 24.2 Å². The molecule has 2 aromatic carbocycles. The molecule has 2 unspecified atom stereocenters. The highest BCUT2D eigenvalue weighted by molar-refractivity contribution is 6.33. The quantitative estimate of drug-likeness (QED) is 0.295. The zero-order valence-electron chi connectivity index (χ0n) is 19.3. The van der Waals surface area contributed by atoms with Crippen molar-refractivity contribution in [3.63, 3.8) is 0 Å². The van der Waals surface area contributed by atoms with Gasteiger partial charge in [-0.1, -0.05) is 23.7 Å². The largest absolute Gasteiger partial charge is 0.496 e. The van der Waals surface area contributed by atoms with Crippen molar-refractivity contribution in [1.29, 1.82) is 0 Å². The number of nitrogens with zero attached hydrogens (tertiary/aromatic N) is 1. The zero-order valence-corrected chi connectivity index (χ0v) is 20.1. The van der Waals surface area contributed by atoms with Crippen molar-refractivity contribution in [2.24, 2.45) is 0 Å². The maximum absolute atomic E-state index is 12.9. The summed E-state index contributed by atoms with van der Waals surface area (Å²) in [4.78, 5) is 26.1. The highest BCUT2D eigenvalue weighted by atomic mass is 35.5. The minimum Gasteiger partial charge on any atom is -0.496 e. The minimum absolute atomic E-state index is 0.143. The number of rotatable bonds is 10. The molecule has 3 rings (SSSR count). The van der Waals surface area contributed by atoms with Crippen LogP contribution in [-0.4, -0.2) is 74.4 Å². The molecule has 5 N–H and O–H groups in total. The summed E-state index contributed by atoms with van der Waals surface area (Å²) in [7, 11) is 3.13. The molecule has 1 aliphatic rings. The number of nitrogen functional groups attached to an aromatic ring is 1. The van der Waals surface area contributed by atoms with Crippen molar-refractivity contribution in [2.45, 2.75) is 25.1 Å². The van der Waals surface area contributed by atoms with Gasteiger partial charge in [-0.15, -0.1) is 0 Å². The number of nitrogens with one attached hydrogen (secondary N) is 2. The van der Waals surface area contributed by atoms with Crippen LogP contribution in [0.25, 0.3) is 0 Å². The van der Waals surface area contributed by atoms with Crippen LogP contribution >= 0.6 is 11.6 Å². The molecule has 1 saturated heterocycles. The molecule has 1 aliphatic heterocycles. The number of piperidine rings is 1. The number of methoxy groups -OCH3 is 2. The predicted octanol–water partition coefficient (Wildman–Crippen LogP) is 2.24. The average molecular weight is 491 g/mol. The molecular formula is C24H31ClN4O5. The maximum atomic E-state index is 12.9. The summed E-state index contributed by atoms with van der Waals surface area (Å²) in [6.45, 7) is 3.77. The number of carbonyl (C=O) groups is 2. The summed E-state index contributed by atoms with van der Waals surface area (Å²) in [5.74, 6) is -0.840. The summed E-state index contributed by atoms with van der Waals surface area (Å²) >= 11 is 6.10. The molecule has 0 bridgehead atoms. The number of amides is 1. The second kappa shape index (κ2) is 12.0. The fraction of sp³-hybridized carbons (Fsp3) is 0.417. The average Bonchev–Trinajstić information content (AvgIpc) is 2.84. The Kier molecular flexibility index (Phi) is 9.12. The van der Waals surface area contributed by atoms with Crippen molar-refractivity contribution >= 4 is 29.2 Å². The number of halogens is 1. The zero-order chi connectivity index (χ0) is 24.7. The molecule has 1 heterocycles. The molecule has 0 radical (unpaired) electrons. The maximum Gasteiger partial charge on any atom is 0.335 e. The number of anilines is 1. The van der Waals surface area contributed by atoms with Gasteiger partial charge in [0.05, 0.1) is 41.1 Å². The number of aromatic carboxylic acids is 1. The summed E-state index contributed by atoms with van der Waals surface area (Å²) in [6, 6.07) is 9.76. The Morgan fingerprint density at radius 1 is 1.24 bits per heavy atom.